The van der Waals surface area contributed by atoms with Crippen LogP contribution >= 0.6 is 34.8 Å². The number of nitrogens with zero attached hydrogens (tertiary/aromatic N) is 3. The third-order valence-electron chi connectivity index (χ3n) is 2.20. The van der Waals surface area contributed by atoms with Gasteiger partial charge in [0.25, 0.3) is 3.92 Å². The first kappa shape index (κ1) is 15.0. The van der Waals surface area contributed by atoms with Gasteiger partial charge in [-0.3, -0.25) is 9.91 Å². The Hall–Kier alpha value is -0.0700. The van der Waals surface area contributed by atoms with Gasteiger partial charge in [0.15, 0.2) is 0 Å². The van der Waals surface area contributed by atoms with Crippen molar-refractivity contribution in [3.63, 3.8) is 0 Å². The maximum atomic E-state index is 12.9. The molecule has 0 radical (unpaired) electrons. The van der Waals surface area contributed by atoms with Gasteiger partial charge >= 0.3 is 6.18 Å². The highest BCUT2D eigenvalue weighted by molar-refractivity contribution is 6.67. The zero-order valence-electron chi connectivity index (χ0n) is 8.89. The van der Waals surface area contributed by atoms with Crippen LogP contribution in [0.4, 0.5) is 13.2 Å². The van der Waals surface area contributed by atoms with E-state index in [1.165, 1.54) is 0 Å². The maximum Gasteiger partial charge on any atom is 0.429 e. The number of alkyl halides is 6. The third-order valence-corrected chi connectivity index (χ3v) is 2.78. The highest BCUT2D eigenvalue weighted by atomic mass is 35.6. The molecule has 1 rings (SSSR count). The highest BCUT2D eigenvalue weighted by Crippen LogP contribution is 2.40. The zero-order chi connectivity index (χ0) is 13.3. The number of hydrazone groups is 1. The van der Waals surface area contributed by atoms with Gasteiger partial charge in [0.1, 0.15) is 6.34 Å². The van der Waals surface area contributed by atoms with Gasteiger partial charge in [-0.25, -0.2) is 0 Å². The largest absolute Gasteiger partial charge is 0.429 e. The smallest absolute Gasteiger partial charge is 0.286 e. The molecule has 0 aromatic carbocycles. The lowest BCUT2D eigenvalue weighted by Crippen LogP contribution is -2.54. The fourth-order valence-corrected chi connectivity index (χ4v) is 1.83. The number of unbranched alkanes of at least 4 members (excludes halogenated alkanes) is 1. The first-order valence-corrected chi connectivity index (χ1v) is 6.04. The first-order chi connectivity index (χ1) is 7.68. The SMILES string of the molecule is CCCCN1N=CN(C(Cl)(Cl)Cl)C1C(F)(F)F. The summed E-state index contributed by atoms with van der Waals surface area (Å²) in [6.07, 6.45) is -4.33. The van der Waals surface area contributed by atoms with E-state index in [-0.39, 0.29) is 6.54 Å². The molecule has 0 saturated heterocycles. The van der Waals surface area contributed by atoms with Gasteiger partial charge in [-0.2, -0.15) is 18.3 Å². The van der Waals surface area contributed by atoms with E-state index in [4.69, 9.17) is 34.8 Å². The molecular weight excluding hydrogens is 301 g/mol. The van der Waals surface area contributed by atoms with E-state index >= 15 is 0 Å². The molecule has 0 aromatic heterocycles. The second kappa shape index (κ2) is 5.28. The van der Waals surface area contributed by atoms with Gasteiger partial charge in [0.2, 0.25) is 6.17 Å². The summed E-state index contributed by atoms with van der Waals surface area (Å²) in [6.45, 7) is 2.03. The van der Waals surface area contributed by atoms with Gasteiger partial charge in [-0.1, -0.05) is 48.1 Å². The van der Waals surface area contributed by atoms with Crippen LogP contribution in [0.2, 0.25) is 0 Å². The Bertz CT molecular complexity index is 290. The molecule has 0 N–H and O–H groups in total. The molecular formula is C8H11Cl3F3N3. The summed E-state index contributed by atoms with van der Waals surface area (Å²) in [5.41, 5.74) is 0. The summed E-state index contributed by atoms with van der Waals surface area (Å²) in [7, 11) is 0. The Labute approximate surface area is 112 Å². The molecule has 1 aliphatic heterocycles. The molecule has 1 aliphatic rings. The van der Waals surface area contributed by atoms with Crippen LogP contribution in [0.1, 0.15) is 19.8 Å². The van der Waals surface area contributed by atoms with Crippen molar-refractivity contribution in [1.82, 2.24) is 9.91 Å². The van der Waals surface area contributed by atoms with Gasteiger partial charge < -0.3 is 0 Å². The van der Waals surface area contributed by atoms with E-state index in [1.54, 1.807) is 0 Å². The third kappa shape index (κ3) is 3.69. The van der Waals surface area contributed by atoms with E-state index in [2.05, 4.69) is 5.10 Å². The van der Waals surface area contributed by atoms with Crippen molar-refractivity contribution in [1.29, 1.82) is 0 Å². The summed E-state index contributed by atoms with van der Waals surface area (Å²) in [4.78, 5) is 0.563. The molecule has 0 bridgehead atoms. The molecule has 1 atom stereocenters. The zero-order valence-corrected chi connectivity index (χ0v) is 11.2. The van der Waals surface area contributed by atoms with Crippen molar-refractivity contribution in [3.8, 4) is 0 Å². The monoisotopic (exact) mass is 311 g/mol. The van der Waals surface area contributed by atoms with Crippen LogP contribution in [0.25, 0.3) is 0 Å². The van der Waals surface area contributed by atoms with Gasteiger partial charge in [0.05, 0.1) is 0 Å². The summed E-state index contributed by atoms with van der Waals surface area (Å²) in [5, 5.41) is 4.51. The predicted molar refractivity (Wildman–Crippen MR) is 62.1 cm³/mol. The van der Waals surface area contributed by atoms with E-state index in [0.29, 0.717) is 11.3 Å². The van der Waals surface area contributed by atoms with Crippen molar-refractivity contribution in [3.05, 3.63) is 0 Å². The minimum atomic E-state index is -4.55. The Balaban J connectivity index is 2.86. The average Bonchev–Trinajstić information content (AvgIpc) is 2.56. The van der Waals surface area contributed by atoms with Crippen LogP contribution in [-0.2, 0) is 0 Å². The molecule has 17 heavy (non-hydrogen) atoms. The van der Waals surface area contributed by atoms with Crippen LogP contribution in [0.15, 0.2) is 5.10 Å². The normalized spacial score (nSPS) is 21.5. The van der Waals surface area contributed by atoms with Crippen molar-refractivity contribution in [2.75, 3.05) is 6.54 Å². The van der Waals surface area contributed by atoms with E-state index < -0.39 is 16.3 Å². The van der Waals surface area contributed by atoms with Crippen molar-refractivity contribution >= 4 is 41.1 Å². The van der Waals surface area contributed by atoms with Crippen molar-refractivity contribution in [2.45, 2.75) is 36.0 Å². The minimum Gasteiger partial charge on any atom is -0.286 e. The Morgan fingerprint density at radius 2 is 1.88 bits per heavy atom. The molecule has 0 saturated carbocycles. The van der Waals surface area contributed by atoms with Crippen LogP contribution < -0.4 is 0 Å². The Kier molecular flexibility index (Phi) is 4.66. The summed E-state index contributed by atoms with van der Waals surface area (Å²) >= 11 is 16.4. The lowest BCUT2D eigenvalue weighted by atomic mass is 10.3. The predicted octanol–water partition coefficient (Wildman–Crippen LogP) is 3.56. The molecule has 100 valence electrons. The standard InChI is InChI=1S/C8H11Cl3F3N3/c1-2-3-4-17-6(7(12,13)14)16(5-15-17)8(9,10)11/h5-6H,2-4H2,1H3. The van der Waals surface area contributed by atoms with Crippen molar-refractivity contribution < 1.29 is 13.2 Å². The first-order valence-electron chi connectivity index (χ1n) is 4.90. The summed E-state index contributed by atoms with van der Waals surface area (Å²) < 4.78 is 36.5. The maximum absolute atomic E-state index is 12.9. The number of hydrogen-bond acceptors (Lipinski definition) is 3. The van der Waals surface area contributed by atoms with Crippen molar-refractivity contribution in [2.24, 2.45) is 5.10 Å². The van der Waals surface area contributed by atoms with Crippen LogP contribution in [0, 0.1) is 0 Å². The van der Waals surface area contributed by atoms with Crippen LogP contribution in [-0.4, -0.2) is 39.1 Å². The number of rotatable bonds is 3. The van der Waals surface area contributed by atoms with Crippen LogP contribution in [0.3, 0.4) is 0 Å². The van der Waals surface area contributed by atoms with Crippen LogP contribution in [0.5, 0.6) is 0 Å². The molecule has 0 amide bonds. The van der Waals surface area contributed by atoms with Gasteiger partial charge in [0, 0.05) is 6.54 Å². The molecule has 0 aromatic rings. The fraction of sp³-hybridized carbons (Fsp3) is 0.875. The molecule has 1 heterocycles. The summed E-state index contributed by atoms with van der Waals surface area (Å²) in [5.74, 6) is 0. The lowest BCUT2D eigenvalue weighted by molar-refractivity contribution is -0.208. The van der Waals surface area contributed by atoms with E-state index in [1.807, 2.05) is 6.92 Å². The Morgan fingerprint density at radius 3 is 2.29 bits per heavy atom. The number of hydrogen-bond donors (Lipinski definition) is 0. The number of halogens is 6. The fourth-order valence-electron chi connectivity index (χ4n) is 1.42. The molecule has 3 nitrogen and oxygen atoms in total. The van der Waals surface area contributed by atoms with E-state index in [0.717, 1.165) is 17.8 Å². The molecule has 0 fully saturated rings. The molecule has 9 heteroatoms. The lowest BCUT2D eigenvalue weighted by Gasteiger charge is -2.35. The summed E-state index contributed by atoms with van der Waals surface area (Å²) in [6, 6.07) is 0. The van der Waals surface area contributed by atoms with E-state index in [9.17, 15) is 13.2 Å². The Morgan fingerprint density at radius 1 is 1.29 bits per heavy atom. The highest BCUT2D eigenvalue weighted by Gasteiger charge is 2.54. The quantitative estimate of drug-likeness (QED) is 0.586. The average molecular weight is 313 g/mol. The second-order valence-corrected chi connectivity index (χ2v) is 5.76. The van der Waals surface area contributed by atoms with Gasteiger partial charge in [-0.05, 0) is 6.42 Å². The van der Waals surface area contributed by atoms with Gasteiger partial charge in [-0.15, -0.1) is 0 Å². The second-order valence-electron chi connectivity index (χ2n) is 3.54. The minimum absolute atomic E-state index is 0.161. The molecule has 0 aliphatic carbocycles. The molecule has 1 unspecified atom stereocenters. The molecule has 0 spiro atoms. The topological polar surface area (TPSA) is 18.8 Å².